The van der Waals surface area contributed by atoms with Gasteiger partial charge < -0.3 is 25.8 Å². The molecule has 218 valence electrons. The Morgan fingerprint density at radius 3 is 2.68 bits per heavy atom. The minimum atomic E-state index is -0.853. The smallest absolute Gasteiger partial charge is 0.243 e. The number of likely N-dealkylation sites (tertiary alicyclic amines) is 1. The topological polar surface area (TPSA) is 153 Å². The zero-order valence-electron chi connectivity index (χ0n) is 23.0. The number of fused-ring (bicyclic) bond motifs is 1. The summed E-state index contributed by atoms with van der Waals surface area (Å²) in [6, 6.07) is 7.84. The van der Waals surface area contributed by atoms with Crippen molar-refractivity contribution >= 4 is 40.8 Å². The number of thiazole rings is 1. The summed E-state index contributed by atoms with van der Waals surface area (Å²) in [7, 11) is 0. The average molecular weight is 580 g/mol. The molecule has 12 heteroatoms. The quantitative estimate of drug-likeness (QED) is 0.233. The van der Waals surface area contributed by atoms with E-state index in [1.165, 1.54) is 11.3 Å². The molecule has 11 nitrogen and oxygen atoms in total. The van der Waals surface area contributed by atoms with E-state index in [1.54, 1.807) is 26.3 Å². The van der Waals surface area contributed by atoms with Crippen LogP contribution in [0.25, 0.3) is 0 Å². The van der Waals surface area contributed by atoms with Crippen LogP contribution in [0.3, 0.4) is 0 Å². The lowest BCUT2D eigenvalue weighted by Gasteiger charge is -2.40. The Bertz CT molecular complexity index is 1270. The summed E-state index contributed by atoms with van der Waals surface area (Å²) in [5, 5.41) is 12.9. The number of ketones is 1. The molecular weight excluding hydrogens is 542 g/mol. The van der Waals surface area contributed by atoms with Gasteiger partial charge in [-0.15, -0.1) is 11.3 Å². The maximum absolute atomic E-state index is 13.6. The molecule has 1 aromatic carbocycles. The number of benzene rings is 1. The molecule has 41 heavy (non-hydrogen) atoms. The Kier molecular flexibility index (Phi) is 8.96. The van der Waals surface area contributed by atoms with Crippen LogP contribution >= 0.6 is 11.3 Å². The molecule has 4 atom stereocenters. The van der Waals surface area contributed by atoms with Crippen molar-refractivity contribution in [2.24, 2.45) is 5.73 Å². The fraction of sp³-hybridized carbons (Fsp3) is 0.517. The van der Waals surface area contributed by atoms with Gasteiger partial charge in [-0.05, 0) is 50.5 Å². The highest BCUT2D eigenvalue weighted by atomic mass is 32.1. The Hall–Kier alpha value is -3.80. The van der Waals surface area contributed by atoms with Crippen LogP contribution in [0, 0.1) is 5.41 Å². The van der Waals surface area contributed by atoms with Crippen molar-refractivity contribution in [3.8, 4) is 0 Å². The normalized spacial score (nSPS) is 23.2. The number of piperazine rings is 1. The molecule has 2 aromatic rings. The molecule has 0 saturated carbocycles. The maximum atomic E-state index is 13.6. The molecule has 0 spiro atoms. The number of rotatable bonds is 9. The third kappa shape index (κ3) is 6.58. The number of carbonyl (C=O) groups is 4. The highest BCUT2D eigenvalue weighted by Crippen LogP contribution is 2.30. The molecule has 3 saturated heterocycles. The first-order valence-electron chi connectivity index (χ1n) is 14.3. The van der Waals surface area contributed by atoms with Crippen molar-refractivity contribution in [2.45, 2.75) is 75.5 Å². The summed E-state index contributed by atoms with van der Waals surface area (Å²) in [5.74, 6) is -1.00. The number of hydrogen-bond donors (Lipinski definition) is 3. The number of carbonyl (C=O) groups excluding carboxylic acids is 4. The molecule has 5 rings (SSSR count). The summed E-state index contributed by atoms with van der Waals surface area (Å²) in [6.07, 6.45) is 6.51. The Labute approximate surface area is 243 Å². The number of piperidine rings is 1. The van der Waals surface area contributed by atoms with Crippen LogP contribution < -0.4 is 11.1 Å². The zero-order chi connectivity index (χ0) is 28.9. The Balaban J connectivity index is 1.24. The number of aryl methyl sites for hydroxylation is 1. The molecular formula is C29H37N7O4S. The molecule has 3 fully saturated rings. The number of guanidine groups is 1. The minimum Gasteiger partial charge on any atom is -0.370 e. The lowest BCUT2D eigenvalue weighted by Crippen LogP contribution is -2.61. The highest BCUT2D eigenvalue weighted by molar-refractivity contribution is 7.11. The molecule has 1 aromatic heterocycles. The van der Waals surface area contributed by atoms with E-state index in [0.717, 1.165) is 24.8 Å². The van der Waals surface area contributed by atoms with E-state index in [1.807, 2.05) is 30.3 Å². The van der Waals surface area contributed by atoms with Crippen LogP contribution in [0.1, 0.15) is 60.3 Å². The third-order valence-corrected chi connectivity index (χ3v) is 9.18. The van der Waals surface area contributed by atoms with Gasteiger partial charge in [-0.2, -0.15) is 0 Å². The second-order valence-corrected chi connectivity index (χ2v) is 11.9. The van der Waals surface area contributed by atoms with Gasteiger partial charge in [-0.25, -0.2) is 4.98 Å². The molecule has 3 aliphatic heterocycles. The van der Waals surface area contributed by atoms with Gasteiger partial charge in [0.05, 0.1) is 18.6 Å². The van der Waals surface area contributed by atoms with Crippen LogP contribution in [0.5, 0.6) is 0 Å². The van der Waals surface area contributed by atoms with Crippen molar-refractivity contribution in [1.82, 2.24) is 25.0 Å². The van der Waals surface area contributed by atoms with Crippen molar-refractivity contribution in [3.05, 3.63) is 52.5 Å². The van der Waals surface area contributed by atoms with E-state index >= 15 is 0 Å². The lowest BCUT2D eigenvalue weighted by molar-refractivity contribution is -0.151. The molecule has 0 radical (unpaired) electrons. The highest BCUT2D eigenvalue weighted by Gasteiger charge is 2.46. The second kappa shape index (κ2) is 12.8. The SMILES string of the molecule is N=C(N)N1CCCCC1CC(NC(=O)C1CC[C@H]2CN(C(=O)CCc3ccccc3)CC(=O)N12)C(=O)c1nccs1. The van der Waals surface area contributed by atoms with E-state index < -0.39 is 12.1 Å². The number of amides is 3. The molecule has 0 aliphatic carbocycles. The fourth-order valence-electron chi connectivity index (χ4n) is 6.33. The van der Waals surface area contributed by atoms with Gasteiger partial charge in [0.2, 0.25) is 23.5 Å². The largest absolute Gasteiger partial charge is 0.370 e. The second-order valence-electron chi connectivity index (χ2n) is 11.0. The number of hydrogen-bond acceptors (Lipinski definition) is 7. The van der Waals surface area contributed by atoms with E-state index in [0.29, 0.717) is 50.2 Å². The van der Waals surface area contributed by atoms with E-state index in [9.17, 15) is 19.2 Å². The van der Waals surface area contributed by atoms with Gasteiger partial charge in [0.1, 0.15) is 6.04 Å². The van der Waals surface area contributed by atoms with Crippen molar-refractivity contribution in [3.63, 3.8) is 0 Å². The molecule has 4 N–H and O–H groups in total. The van der Waals surface area contributed by atoms with Gasteiger partial charge in [-0.3, -0.25) is 24.6 Å². The summed E-state index contributed by atoms with van der Waals surface area (Å²) in [5.41, 5.74) is 6.90. The molecule has 3 unspecified atom stereocenters. The van der Waals surface area contributed by atoms with E-state index in [4.69, 9.17) is 11.1 Å². The van der Waals surface area contributed by atoms with E-state index in [2.05, 4.69) is 10.3 Å². The van der Waals surface area contributed by atoms with Crippen LogP contribution in [0.4, 0.5) is 0 Å². The Morgan fingerprint density at radius 1 is 1.15 bits per heavy atom. The summed E-state index contributed by atoms with van der Waals surface area (Å²) in [4.78, 5) is 62.4. The van der Waals surface area contributed by atoms with Gasteiger partial charge in [0.25, 0.3) is 0 Å². The first-order valence-corrected chi connectivity index (χ1v) is 15.2. The van der Waals surface area contributed by atoms with Crippen LogP contribution in [0.15, 0.2) is 41.9 Å². The summed E-state index contributed by atoms with van der Waals surface area (Å²) in [6.45, 7) is 0.991. The van der Waals surface area contributed by atoms with Gasteiger partial charge in [0, 0.05) is 37.1 Å². The number of aromatic nitrogens is 1. The monoisotopic (exact) mass is 579 g/mol. The number of nitrogens with one attached hydrogen (secondary N) is 2. The zero-order valence-corrected chi connectivity index (χ0v) is 23.9. The number of Topliss-reactive ketones (excluding diaryl/α,β-unsaturated/α-hetero) is 1. The van der Waals surface area contributed by atoms with Crippen molar-refractivity contribution < 1.29 is 19.2 Å². The molecule has 3 aliphatic rings. The van der Waals surface area contributed by atoms with Crippen LogP contribution in [-0.4, -0.2) is 92.9 Å². The van der Waals surface area contributed by atoms with Crippen molar-refractivity contribution in [2.75, 3.05) is 19.6 Å². The predicted octanol–water partition coefficient (Wildman–Crippen LogP) is 1.78. The van der Waals surface area contributed by atoms with Gasteiger partial charge in [0.15, 0.2) is 11.0 Å². The minimum absolute atomic E-state index is 0.0399. The summed E-state index contributed by atoms with van der Waals surface area (Å²) >= 11 is 1.22. The van der Waals surface area contributed by atoms with Crippen molar-refractivity contribution in [1.29, 1.82) is 5.41 Å². The van der Waals surface area contributed by atoms with E-state index in [-0.39, 0.29) is 48.1 Å². The summed E-state index contributed by atoms with van der Waals surface area (Å²) < 4.78 is 0. The fourth-order valence-corrected chi connectivity index (χ4v) is 6.96. The lowest BCUT2D eigenvalue weighted by atomic mass is 9.94. The third-order valence-electron chi connectivity index (χ3n) is 8.39. The first-order chi connectivity index (χ1) is 19.8. The van der Waals surface area contributed by atoms with Gasteiger partial charge in [-0.1, -0.05) is 30.3 Å². The average Bonchev–Trinajstić information content (AvgIpc) is 3.67. The maximum Gasteiger partial charge on any atom is 0.243 e. The standard InChI is InChI=1S/C29H37N7O4S/c30-29(31)35-14-5-4-8-20(35)16-22(26(39)28-32-13-15-41-28)33-27(40)23-11-10-21-17-34(18-25(38)36(21)23)24(37)12-9-19-6-2-1-3-7-19/h1-3,6-7,13,15,20-23H,4-5,8-12,14,16-18H2,(H3,30,31)(H,33,40)/t20?,21-,22?,23?/m0/s1. The van der Waals surface area contributed by atoms with Gasteiger partial charge >= 0.3 is 0 Å². The molecule has 0 bridgehead atoms. The molecule has 3 amide bonds. The van der Waals surface area contributed by atoms with Crippen LogP contribution in [0.2, 0.25) is 0 Å². The van der Waals surface area contributed by atoms with Crippen LogP contribution in [-0.2, 0) is 20.8 Å². The predicted molar refractivity (Wildman–Crippen MR) is 154 cm³/mol. The number of nitrogens with zero attached hydrogens (tertiary/aromatic N) is 4. The number of nitrogens with two attached hydrogens (primary N) is 1. The first kappa shape index (κ1) is 28.7. The Morgan fingerprint density at radius 2 is 1.95 bits per heavy atom. The molecule has 4 heterocycles.